The van der Waals surface area contributed by atoms with Crippen molar-refractivity contribution in [3.05, 3.63) is 100 Å². The molecule has 3 aromatic carbocycles. The largest absolute Gasteiger partial charge is 0.378 e. The van der Waals surface area contributed by atoms with Crippen LogP contribution in [0.5, 0.6) is 0 Å². The molecule has 9 heteroatoms. The first-order valence-electron chi connectivity index (χ1n) is 12.6. The molecule has 188 valence electrons. The number of fused-ring (bicyclic) bond motifs is 11. The Labute approximate surface area is 217 Å². The third-order valence-electron chi connectivity index (χ3n) is 7.04. The molecule has 0 unspecified atom stereocenters. The number of amides is 1. The first-order chi connectivity index (χ1) is 18.6. The number of imidazole rings is 1. The summed E-state index contributed by atoms with van der Waals surface area (Å²) in [7, 11) is 0. The van der Waals surface area contributed by atoms with E-state index in [1.54, 1.807) is 24.3 Å². The van der Waals surface area contributed by atoms with Gasteiger partial charge in [0.25, 0.3) is 11.5 Å². The highest BCUT2D eigenvalue weighted by Gasteiger charge is 2.23. The van der Waals surface area contributed by atoms with E-state index in [-0.39, 0.29) is 18.0 Å². The third-order valence-corrected chi connectivity index (χ3v) is 7.04. The number of ether oxygens (including phenoxy) is 1. The standard InChI is InChI=1S/C29H24N6O3/c36-27-11-9-22-20-8-10-25(33-12-14-38-15-13-33)26(17-20)35-24-7-2-1-6-23(24)30-29(35)31-28(37)21-5-3-4-19(16-21)18-34(27)32-22/h1-11,16-17H,12-15,18H2,(H,30,31,37). The Kier molecular flexibility index (Phi) is 5.29. The van der Waals surface area contributed by atoms with E-state index in [9.17, 15) is 9.59 Å². The summed E-state index contributed by atoms with van der Waals surface area (Å²) < 4.78 is 9.04. The lowest BCUT2D eigenvalue weighted by Crippen LogP contribution is -2.36. The predicted molar refractivity (Wildman–Crippen MR) is 145 cm³/mol. The molecular formula is C29H24N6O3. The molecule has 1 N–H and O–H groups in total. The number of nitrogens with one attached hydrogen (secondary N) is 1. The molecule has 0 atom stereocenters. The van der Waals surface area contributed by atoms with Crippen LogP contribution in [0.25, 0.3) is 28.0 Å². The SMILES string of the molecule is O=C1Nc2nc3ccccc3n2-c2cc(ccc2N2CCOCC2)-c2ccc(=O)n(n2)Cc2cccc1c2. The smallest absolute Gasteiger partial charge is 0.267 e. The van der Waals surface area contributed by atoms with Crippen LogP contribution in [0.4, 0.5) is 11.6 Å². The van der Waals surface area contributed by atoms with Crippen LogP contribution in [0.15, 0.2) is 83.7 Å². The van der Waals surface area contributed by atoms with Crippen molar-refractivity contribution >= 4 is 28.6 Å². The van der Waals surface area contributed by atoms with E-state index in [4.69, 9.17) is 14.8 Å². The van der Waals surface area contributed by atoms with Crippen LogP contribution >= 0.6 is 0 Å². The molecule has 1 amide bonds. The lowest BCUT2D eigenvalue weighted by molar-refractivity contribution is 0.102. The number of carbonyl (C=O) groups is 1. The second-order valence-corrected chi connectivity index (χ2v) is 9.43. The number of nitrogens with zero attached hydrogens (tertiary/aromatic N) is 5. The summed E-state index contributed by atoms with van der Waals surface area (Å²) in [5.74, 6) is 0.154. The zero-order valence-corrected chi connectivity index (χ0v) is 20.5. The minimum absolute atomic E-state index is 0.205. The maximum atomic E-state index is 13.5. The Morgan fingerprint density at radius 1 is 0.816 bits per heavy atom. The number of benzene rings is 3. The van der Waals surface area contributed by atoms with Crippen molar-refractivity contribution in [3.8, 4) is 16.9 Å². The fourth-order valence-electron chi connectivity index (χ4n) is 5.16. The van der Waals surface area contributed by atoms with Gasteiger partial charge in [-0.05, 0) is 48.0 Å². The summed E-state index contributed by atoms with van der Waals surface area (Å²) in [5, 5.41) is 7.75. The van der Waals surface area contributed by atoms with Crippen molar-refractivity contribution in [2.24, 2.45) is 0 Å². The molecule has 2 aromatic heterocycles. The zero-order chi connectivity index (χ0) is 25.6. The van der Waals surface area contributed by atoms with Crippen molar-refractivity contribution in [2.45, 2.75) is 6.54 Å². The number of hydrogen-bond acceptors (Lipinski definition) is 6. The summed E-state index contributed by atoms with van der Waals surface area (Å²) in [5.41, 5.74) is 6.11. The van der Waals surface area contributed by atoms with Gasteiger partial charge in [0.15, 0.2) is 0 Å². The Bertz CT molecular complexity index is 1770. The lowest BCUT2D eigenvalue weighted by Gasteiger charge is -2.31. The van der Waals surface area contributed by atoms with E-state index in [1.165, 1.54) is 4.68 Å². The van der Waals surface area contributed by atoms with E-state index in [2.05, 4.69) is 22.3 Å². The minimum Gasteiger partial charge on any atom is -0.378 e. The quantitative estimate of drug-likeness (QED) is 0.374. The van der Waals surface area contributed by atoms with Gasteiger partial charge in [-0.25, -0.2) is 9.67 Å². The van der Waals surface area contributed by atoms with Gasteiger partial charge >= 0.3 is 0 Å². The normalized spacial score (nSPS) is 15.1. The molecule has 6 bridgehead atoms. The summed E-state index contributed by atoms with van der Waals surface area (Å²) in [4.78, 5) is 33.3. The second kappa shape index (κ2) is 8.97. The van der Waals surface area contributed by atoms with Crippen LogP contribution in [-0.2, 0) is 11.3 Å². The monoisotopic (exact) mass is 504 g/mol. The molecule has 5 aromatic rings. The van der Waals surface area contributed by atoms with Crippen molar-refractivity contribution in [1.29, 1.82) is 0 Å². The van der Waals surface area contributed by atoms with Crippen molar-refractivity contribution < 1.29 is 9.53 Å². The molecule has 38 heavy (non-hydrogen) atoms. The zero-order valence-electron chi connectivity index (χ0n) is 20.5. The number of morpholine rings is 1. The summed E-state index contributed by atoms with van der Waals surface area (Å²) in [6, 6.07) is 24.5. The Morgan fingerprint density at radius 2 is 1.68 bits per heavy atom. The third kappa shape index (κ3) is 3.84. The highest BCUT2D eigenvalue weighted by molar-refractivity contribution is 6.04. The van der Waals surface area contributed by atoms with Crippen LogP contribution in [0.3, 0.4) is 0 Å². The van der Waals surface area contributed by atoms with Gasteiger partial charge in [-0.3, -0.25) is 19.5 Å². The Balaban J connectivity index is 1.53. The molecule has 1 saturated heterocycles. The van der Waals surface area contributed by atoms with Gasteiger partial charge in [0, 0.05) is 30.3 Å². The average molecular weight is 505 g/mol. The average Bonchev–Trinajstić information content (AvgIpc) is 3.31. The predicted octanol–water partition coefficient (Wildman–Crippen LogP) is 3.70. The molecule has 0 aliphatic carbocycles. The number of para-hydroxylation sites is 2. The molecule has 0 saturated carbocycles. The molecule has 4 heterocycles. The molecule has 0 radical (unpaired) electrons. The van der Waals surface area contributed by atoms with Crippen LogP contribution in [-0.4, -0.2) is 51.5 Å². The number of aromatic nitrogens is 4. The van der Waals surface area contributed by atoms with Crippen LogP contribution < -0.4 is 15.8 Å². The van der Waals surface area contributed by atoms with Gasteiger partial charge in [0.05, 0.1) is 47.9 Å². The van der Waals surface area contributed by atoms with E-state index in [1.807, 2.05) is 47.0 Å². The number of carbonyl (C=O) groups excluding carboxylic acids is 1. The number of hydrogen-bond donors (Lipinski definition) is 1. The Hall–Kier alpha value is -4.76. The van der Waals surface area contributed by atoms with Gasteiger partial charge in [-0.15, -0.1) is 0 Å². The number of rotatable bonds is 1. The molecule has 7 rings (SSSR count). The summed E-state index contributed by atoms with van der Waals surface area (Å²) in [6.45, 7) is 3.02. The minimum atomic E-state index is -0.279. The van der Waals surface area contributed by atoms with E-state index in [0.29, 0.717) is 30.4 Å². The van der Waals surface area contributed by atoms with Crippen molar-refractivity contribution in [3.63, 3.8) is 0 Å². The first kappa shape index (κ1) is 22.4. The van der Waals surface area contributed by atoms with Crippen LogP contribution in [0.1, 0.15) is 15.9 Å². The second-order valence-electron chi connectivity index (χ2n) is 9.43. The molecular weight excluding hydrogens is 480 g/mol. The topological polar surface area (TPSA) is 94.3 Å². The highest BCUT2D eigenvalue weighted by Crippen LogP contribution is 2.35. The van der Waals surface area contributed by atoms with Gasteiger partial charge < -0.3 is 9.64 Å². The van der Waals surface area contributed by atoms with Gasteiger partial charge in [-0.2, -0.15) is 5.10 Å². The van der Waals surface area contributed by atoms with Crippen LogP contribution in [0.2, 0.25) is 0 Å². The van der Waals surface area contributed by atoms with Gasteiger partial charge in [0.1, 0.15) is 0 Å². The molecule has 1 fully saturated rings. The van der Waals surface area contributed by atoms with Gasteiger partial charge in [0.2, 0.25) is 5.95 Å². The molecule has 2 aliphatic rings. The first-order valence-corrected chi connectivity index (χ1v) is 12.6. The van der Waals surface area contributed by atoms with E-state index in [0.717, 1.165) is 46.6 Å². The van der Waals surface area contributed by atoms with E-state index < -0.39 is 0 Å². The fourth-order valence-corrected chi connectivity index (χ4v) is 5.16. The molecule has 0 spiro atoms. The Morgan fingerprint density at radius 3 is 2.58 bits per heavy atom. The summed E-state index contributed by atoms with van der Waals surface area (Å²) in [6.07, 6.45) is 0. The van der Waals surface area contributed by atoms with Crippen LogP contribution in [0, 0.1) is 0 Å². The molecule has 2 aliphatic heterocycles. The summed E-state index contributed by atoms with van der Waals surface area (Å²) >= 11 is 0. The fraction of sp³-hybridized carbons (Fsp3) is 0.172. The van der Waals surface area contributed by atoms with Crippen molar-refractivity contribution in [2.75, 3.05) is 36.5 Å². The number of anilines is 2. The maximum Gasteiger partial charge on any atom is 0.267 e. The lowest BCUT2D eigenvalue weighted by atomic mass is 10.1. The molecule has 9 nitrogen and oxygen atoms in total. The van der Waals surface area contributed by atoms with Crippen molar-refractivity contribution in [1.82, 2.24) is 19.3 Å². The van der Waals surface area contributed by atoms with Gasteiger partial charge in [-0.1, -0.05) is 30.3 Å². The highest BCUT2D eigenvalue weighted by atomic mass is 16.5. The van der Waals surface area contributed by atoms with E-state index >= 15 is 0 Å². The maximum absolute atomic E-state index is 13.5.